The van der Waals surface area contributed by atoms with Crippen molar-refractivity contribution in [1.29, 1.82) is 0 Å². The molecular formula is C6H10O6Si2Zn. The normalized spacial score (nSPS) is 6.93. The molecule has 0 rings (SSSR count). The smallest absolute Gasteiger partial charge is 0.584 e. The predicted molar refractivity (Wildman–Crippen MR) is 45.2 cm³/mol. The summed E-state index contributed by atoms with van der Waals surface area (Å²) >= 11 is 0. The van der Waals surface area contributed by atoms with Gasteiger partial charge in [0.1, 0.15) is 0 Å². The molecule has 0 radical (unpaired) electrons. The van der Waals surface area contributed by atoms with Gasteiger partial charge in [-0.15, -0.1) is 13.2 Å². The summed E-state index contributed by atoms with van der Waals surface area (Å²) < 4.78 is 27.3. The van der Waals surface area contributed by atoms with Crippen LogP contribution in [-0.4, -0.2) is 31.6 Å². The molecule has 0 saturated heterocycles. The maximum absolute atomic E-state index is 9.56. The van der Waals surface area contributed by atoms with Gasteiger partial charge in [-0.1, -0.05) is 12.2 Å². The number of rotatable bonds is 6. The van der Waals surface area contributed by atoms with Crippen LogP contribution in [-0.2, 0) is 37.3 Å². The third-order valence-electron chi connectivity index (χ3n) is 0.638. The second-order valence-corrected chi connectivity index (χ2v) is 3.28. The molecule has 0 saturated carbocycles. The molecule has 6 nitrogen and oxygen atoms in total. The molecule has 0 aliphatic heterocycles. The van der Waals surface area contributed by atoms with E-state index in [0.717, 1.165) is 0 Å². The van der Waals surface area contributed by atoms with Crippen LogP contribution in [0.2, 0.25) is 0 Å². The Kier molecular flexibility index (Phi) is 20.9. The summed E-state index contributed by atoms with van der Waals surface area (Å²) in [6.07, 6.45) is 2.75. The third kappa shape index (κ3) is 31.8. The van der Waals surface area contributed by atoms with Crippen LogP contribution in [0, 0.1) is 0 Å². The van der Waals surface area contributed by atoms with E-state index >= 15 is 0 Å². The van der Waals surface area contributed by atoms with E-state index in [1.165, 1.54) is 12.2 Å². The van der Waals surface area contributed by atoms with Gasteiger partial charge >= 0.3 is 37.8 Å². The molecule has 0 bridgehead atoms. The maximum Gasteiger partial charge on any atom is 2.00 e. The standard InChI is InChI=1S/2C3H5O3Si.Zn/c2*1-2-3-6-7(4)5;/h2*2H,1,3H2;/q2*-1;+2. The van der Waals surface area contributed by atoms with E-state index in [1.807, 2.05) is 0 Å². The van der Waals surface area contributed by atoms with Gasteiger partial charge in [0.2, 0.25) is 0 Å². The van der Waals surface area contributed by atoms with E-state index in [9.17, 15) is 18.5 Å². The van der Waals surface area contributed by atoms with Crippen molar-refractivity contribution < 1.29 is 46.8 Å². The van der Waals surface area contributed by atoms with Crippen molar-refractivity contribution in [2.45, 2.75) is 0 Å². The molecule has 80 valence electrons. The molecule has 0 aromatic rings. The van der Waals surface area contributed by atoms with Gasteiger partial charge in [-0.3, -0.25) is 0 Å². The Bertz CT molecular complexity index is 188. The fourth-order valence-corrected chi connectivity index (χ4v) is 0.762. The van der Waals surface area contributed by atoms with Crippen molar-refractivity contribution in [3.8, 4) is 0 Å². The largest absolute Gasteiger partial charge is 2.00 e. The monoisotopic (exact) mass is 298 g/mol. The van der Waals surface area contributed by atoms with Crippen LogP contribution < -0.4 is 9.59 Å². The van der Waals surface area contributed by atoms with Crippen molar-refractivity contribution in [2.75, 3.05) is 13.2 Å². The van der Waals surface area contributed by atoms with E-state index in [1.54, 1.807) is 0 Å². The minimum atomic E-state index is -2.97. The molecule has 0 heterocycles. The van der Waals surface area contributed by atoms with Crippen LogP contribution in [0.15, 0.2) is 25.3 Å². The fourth-order valence-electron chi connectivity index (χ4n) is 0.254. The molecule has 0 aliphatic carbocycles. The van der Waals surface area contributed by atoms with Crippen LogP contribution >= 0.6 is 0 Å². The summed E-state index contributed by atoms with van der Waals surface area (Å²) in [6.45, 7) is 6.66. The molecule has 9 heteroatoms. The first-order valence-electron chi connectivity index (χ1n) is 3.44. The van der Waals surface area contributed by atoms with Gasteiger partial charge in [0.25, 0.3) is 0 Å². The van der Waals surface area contributed by atoms with E-state index < -0.39 is 18.3 Å². The summed E-state index contributed by atoms with van der Waals surface area (Å²) in [6, 6.07) is 0. The van der Waals surface area contributed by atoms with E-state index in [0.29, 0.717) is 0 Å². The van der Waals surface area contributed by atoms with Gasteiger partial charge in [-0.05, 0) is 0 Å². The van der Waals surface area contributed by atoms with Crippen molar-refractivity contribution in [2.24, 2.45) is 0 Å². The van der Waals surface area contributed by atoms with Gasteiger partial charge in [0.15, 0.2) is 0 Å². The second kappa shape index (κ2) is 15.8. The van der Waals surface area contributed by atoms with Gasteiger partial charge in [0.05, 0.1) is 0 Å². The average molecular weight is 300 g/mol. The Morgan fingerprint density at radius 2 is 1.27 bits per heavy atom. The number of hydrogen-bond donors (Lipinski definition) is 0. The number of hydrogen-bond acceptors (Lipinski definition) is 6. The molecule has 0 N–H and O–H groups in total. The van der Waals surface area contributed by atoms with E-state index in [2.05, 4.69) is 22.0 Å². The molecule has 0 aliphatic rings. The van der Waals surface area contributed by atoms with Crippen molar-refractivity contribution >= 4 is 18.3 Å². The van der Waals surface area contributed by atoms with Gasteiger partial charge in [0, 0.05) is 13.2 Å². The van der Waals surface area contributed by atoms with Crippen molar-refractivity contribution in [3.63, 3.8) is 0 Å². The summed E-state index contributed by atoms with van der Waals surface area (Å²) in [5, 5.41) is 0. The molecule has 15 heavy (non-hydrogen) atoms. The predicted octanol–water partition coefficient (Wildman–Crippen LogP) is -2.07. The maximum atomic E-state index is 9.56. The Hall–Kier alpha value is -0.663. The van der Waals surface area contributed by atoms with Gasteiger partial charge in [-0.2, -0.15) is 0 Å². The molecule has 0 spiro atoms. The molecule has 0 aromatic carbocycles. The quantitative estimate of drug-likeness (QED) is 0.413. The zero-order valence-electron chi connectivity index (χ0n) is 8.14. The Morgan fingerprint density at radius 1 is 1.00 bits per heavy atom. The summed E-state index contributed by atoms with van der Waals surface area (Å²) in [4.78, 5) is 19.1. The Morgan fingerprint density at radius 3 is 1.33 bits per heavy atom. The molecule has 0 amide bonds. The summed E-state index contributed by atoms with van der Waals surface area (Å²) in [5.41, 5.74) is 0. The van der Waals surface area contributed by atoms with Crippen molar-refractivity contribution in [1.82, 2.24) is 0 Å². The van der Waals surface area contributed by atoms with Gasteiger partial charge in [-0.25, -0.2) is 0 Å². The Balaban J connectivity index is -0.000000180. The molecule has 0 unspecified atom stereocenters. The van der Waals surface area contributed by atoms with Crippen LogP contribution in [0.25, 0.3) is 0 Å². The van der Waals surface area contributed by atoms with Crippen LogP contribution in [0.3, 0.4) is 0 Å². The van der Waals surface area contributed by atoms with Crippen LogP contribution in [0.1, 0.15) is 0 Å². The van der Waals surface area contributed by atoms with Crippen LogP contribution in [0.4, 0.5) is 0 Å². The van der Waals surface area contributed by atoms with Crippen LogP contribution in [0.5, 0.6) is 0 Å². The minimum Gasteiger partial charge on any atom is -0.584 e. The zero-order chi connectivity index (χ0) is 11.4. The topological polar surface area (TPSA) is 98.7 Å². The summed E-state index contributed by atoms with van der Waals surface area (Å²) in [7, 11) is -5.94. The molecule has 0 aromatic heterocycles. The molecule has 0 fully saturated rings. The first-order chi connectivity index (χ1) is 6.54. The average Bonchev–Trinajstić information content (AvgIpc) is 2.12. The second-order valence-electron chi connectivity index (χ2n) is 1.70. The fraction of sp³-hybridized carbons (Fsp3) is 0.333. The minimum absolute atomic E-state index is 0. The first-order valence-corrected chi connectivity index (χ1v) is 5.88. The van der Waals surface area contributed by atoms with Crippen molar-refractivity contribution in [3.05, 3.63) is 25.3 Å². The van der Waals surface area contributed by atoms with E-state index in [4.69, 9.17) is 0 Å². The summed E-state index contributed by atoms with van der Waals surface area (Å²) in [5.74, 6) is 0. The third-order valence-corrected chi connectivity index (χ3v) is 1.44. The Labute approximate surface area is 104 Å². The SMILES string of the molecule is C=CCO[Si](=O)[O-].C=CCO[Si](=O)[O-].[Zn+2]. The zero-order valence-corrected chi connectivity index (χ0v) is 13.1. The first kappa shape index (κ1) is 19.8. The molecular weight excluding hydrogens is 290 g/mol. The van der Waals surface area contributed by atoms with E-state index in [-0.39, 0.29) is 32.7 Å². The van der Waals surface area contributed by atoms with Gasteiger partial charge < -0.3 is 27.4 Å². The molecule has 0 atom stereocenters.